The third kappa shape index (κ3) is 5.78. The van der Waals surface area contributed by atoms with Crippen molar-refractivity contribution in [1.82, 2.24) is 49.4 Å². The quantitative estimate of drug-likeness (QED) is 0.131. The fourth-order valence-electron chi connectivity index (χ4n) is 3.37. The maximum absolute atomic E-state index is 13.7. The van der Waals surface area contributed by atoms with E-state index in [4.69, 9.17) is 45.7 Å². The molecule has 0 amide bonds. The third-order valence-electron chi connectivity index (χ3n) is 5.22. The highest BCUT2D eigenvalue weighted by atomic mass is 32.1. The predicted octanol–water partition coefficient (Wildman–Crippen LogP) is 0.325. The molecule has 0 unspecified atom stereocenters. The highest BCUT2D eigenvalue weighted by Crippen LogP contribution is 2.41. The largest absolute Gasteiger partial charge is 0.394 e. The highest BCUT2D eigenvalue weighted by molar-refractivity contribution is 7.71. The Morgan fingerprint density at radius 1 is 1.03 bits per heavy atom. The molecule has 206 valence electrons. The standard InChI is InChI=1S/C9H11F2N3O4.C5H5N5S.C5H4N4S/c10-9(11)6(16)4(3-15)18-7(9)14-2-1-5(12)13-8(14)17;6-5-9-3-2(4(11)10-5)7-1-8-3;10-5-3-4(7-1-6-3)8-2-9-5/h1-2,4,6-7,15-16H,3H2,(H2,12,13,17);1H,(H4,6,7,8,9,10,11);1-2H,(H2,6,7,8,9,10)/t4-,6-,7-;;/m1../s1. The number of rotatable bonds is 2. The summed E-state index contributed by atoms with van der Waals surface area (Å²) < 4.78 is 33.7. The molecule has 0 bridgehead atoms. The van der Waals surface area contributed by atoms with Crippen molar-refractivity contribution in [2.45, 2.75) is 24.4 Å². The molecule has 10 N–H and O–H groups in total. The lowest BCUT2D eigenvalue weighted by atomic mass is 10.1. The van der Waals surface area contributed by atoms with Gasteiger partial charge in [-0.1, -0.05) is 24.4 Å². The summed E-state index contributed by atoms with van der Waals surface area (Å²) in [6.07, 6.45) is -0.0329. The number of alkyl halides is 2. The number of H-pyrrole nitrogens is 4. The van der Waals surface area contributed by atoms with Gasteiger partial charge < -0.3 is 46.4 Å². The van der Waals surface area contributed by atoms with E-state index in [1.807, 2.05) is 0 Å². The molecule has 0 spiro atoms. The van der Waals surface area contributed by atoms with E-state index in [0.717, 1.165) is 23.4 Å². The Hall–Kier alpha value is -4.24. The SMILES string of the molecule is Nc1ccn([C@@H]2O[C@H](CO)[C@@H](O)C2(F)F)c(=O)n1.Nc1nc(=S)c2[nH]cnc2[nH]1.S=c1nc[nH]c2nc[nH]c12. The molecule has 1 saturated heterocycles. The number of halogens is 2. The number of fused-ring (bicyclic) bond motifs is 2. The average Bonchev–Trinajstić information content (AvgIpc) is 3.60. The summed E-state index contributed by atoms with van der Waals surface area (Å²) in [6.45, 7) is -0.787. The first kappa shape index (κ1) is 27.8. The molecule has 0 aliphatic carbocycles. The van der Waals surface area contributed by atoms with Crippen LogP contribution < -0.4 is 17.2 Å². The van der Waals surface area contributed by atoms with E-state index in [1.54, 1.807) is 6.33 Å². The number of aromatic amines is 4. The minimum Gasteiger partial charge on any atom is -0.394 e. The Kier molecular flexibility index (Phi) is 8.01. The molecule has 1 aliphatic heterocycles. The summed E-state index contributed by atoms with van der Waals surface area (Å²) >= 11 is 9.82. The number of nitrogens with zero attached hydrogens (tertiary/aromatic N) is 6. The van der Waals surface area contributed by atoms with Crippen LogP contribution in [0.25, 0.3) is 22.3 Å². The zero-order valence-electron chi connectivity index (χ0n) is 19.4. The number of nitrogens with two attached hydrogens (primary N) is 2. The molecule has 6 rings (SSSR count). The zero-order chi connectivity index (χ0) is 28.3. The number of aromatic nitrogens is 10. The summed E-state index contributed by atoms with van der Waals surface area (Å²) in [5.41, 5.74) is 12.5. The first-order valence-corrected chi connectivity index (χ1v) is 11.6. The second kappa shape index (κ2) is 11.2. The summed E-state index contributed by atoms with van der Waals surface area (Å²) in [6, 6.07) is 1.15. The monoisotopic (exact) mass is 582 g/mol. The van der Waals surface area contributed by atoms with Crippen molar-refractivity contribution >= 4 is 58.5 Å². The second-order valence-electron chi connectivity index (χ2n) is 7.76. The molecule has 5 aromatic rings. The number of aliphatic hydroxyl groups excluding tert-OH is 2. The number of hydrogen-bond acceptors (Lipinski definition) is 13. The molecule has 20 heteroatoms. The number of aliphatic hydroxyl groups is 2. The summed E-state index contributed by atoms with van der Waals surface area (Å²) in [7, 11) is 0. The van der Waals surface area contributed by atoms with Crippen LogP contribution in [-0.4, -0.2) is 84.4 Å². The number of imidazole rings is 2. The van der Waals surface area contributed by atoms with Gasteiger partial charge in [0.05, 0.1) is 25.6 Å². The summed E-state index contributed by atoms with van der Waals surface area (Å²) in [4.78, 5) is 41.7. The van der Waals surface area contributed by atoms with Gasteiger partial charge in [-0.2, -0.15) is 13.8 Å². The first-order valence-electron chi connectivity index (χ1n) is 10.8. The number of ether oxygens (including phenoxy) is 1. The number of nitrogen functional groups attached to an aromatic ring is 2. The Bertz CT molecular complexity index is 1770. The fraction of sp³-hybridized carbons (Fsp3) is 0.263. The maximum Gasteiger partial charge on any atom is 0.351 e. The lowest BCUT2D eigenvalue weighted by Crippen LogP contribution is -2.41. The average molecular weight is 583 g/mol. The predicted molar refractivity (Wildman–Crippen MR) is 137 cm³/mol. The smallest absolute Gasteiger partial charge is 0.351 e. The van der Waals surface area contributed by atoms with Crippen LogP contribution in [0.15, 0.2) is 36.0 Å². The zero-order valence-corrected chi connectivity index (χ0v) is 21.1. The van der Waals surface area contributed by atoms with Crippen LogP contribution in [0, 0.1) is 9.28 Å². The van der Waals surface area contributed by atoms with Crippen molar-refractivity contribution < 1.29 is 23.7 Å². The van der Waals surface area contributed by atoms with Gasteiger partial charge in [-0.15, -0.1) is 0 Å². The normalized spacial score (nSPS) is 19.7. The van der Waals surface area contributed by atoms with Crippen LogP contribution in [0.4, 0.5) is 20.5 Å². The molecule has 0 radical (unpaired) electrons. The fourth-order valence-corrected chi connectivity index (χ4v) is 3.84. The van der Waals surface area contributed by atoms with E-state index >= 15 is 0 Å². The van der Waals surface area contributed by atoms with Gasteiger partial charge in [-0.25, -0.2) is 24.7 Å². The molecule has 16 nitrogen and oxygen atoms in total. The van der Waals surface area contributed by atoms with Gasteiger partial charge in [0.1, 0.15) is 23.0 Å². The van der Waals surface area contributed by atoms with Gasteiger partial charge in [-0.05, 0) is 6.07 Å². The molecule has 0 aromatic carbocycles. The lowest BCUT2D eigenvalue weighted by Gasteiger charge is -2.20. The molecule has 39 heavy (non-hydrogen) atoms. The van der Waals surface area contributed by atoms with Crippen molar-refractivity contribution in [2.75, 3.05) is 18.1 Å². The number of nitrogens with one attached hydrogen (secondary N) is 4. The maximum atomic E-state index is 13.7. The van der Waals surface area contributed by atoms with Gasteiger partial charge in [-0.3, -0.25) is 4.57 Å². The topological polar surface area (TPSA) is 251 Å². The van der Waals surface area contributed by atoms with Crippen molar-refractivity contribution in [3.05, 3.63) is 51.0 Å². The van der Waals surface area contributed by atoms with Gasteiger partial charge in [0.15, 0.2) is 26.7 Å². The van der Waals surface area contributed by atoms with Crippen LogP contribution in [0.5, 0.6) is 0 Å². The highest BCUT2D eigenvalue weighted by Gasteiger charge is 2.59. The van der Waals surface area contributed by atoms with Gasteiger partial charge in [0, 0.05) is 6.20 Å². The number of anilines is 2. The molecule has 6 heterocycles. The first-order chi connectivity index (χ1) is 18.5. The summed E-state index contributed by atoms with van der Waals surface area (Å²) in [5, 5.41) is 18.1. The minimum absolute atomic E-state index is 0.114. The van der Waals surface area contributed by atoms with Crippen molar-refractivity contribution in [1.29, 1.82) is 0 Å². The van der Waals surface area contributed by atoms with E-state index < -0.39 is 36.7 Å². The Balaban J connectivity index is 0.000000144. The van der Waals surface area contributed by atoms with E-state index in [-0.39, 0.29) is 11.8 Å². The summed E-state index contributed by atoms with van der Waals surface area (Å²) in [5.74, 6) is -3.54. The Morgan fingerprint density at radius 2 is 1.67 bits per heavy atom. The van der Waals surface area contributed by atoms with E-state index in [0.29, 0.717) is 25.0 Å². The molecular weight excluding hydrogens is 562 g/mol. The molecular formula is C19H20F2N12O4S2. The van der Waals surface area contributed by atoms with Gasteiger partial charge in [0.2, 0.25) is 12.2 Å². The van der Waals surface area contributed by atoms with E-state index in [1.165, 1.54) is 12.7 Å². The second-order valence-corrected chi connectivity index (χ2v) is 8.53. The van der Waals surface area contributed by atoms with Crippen LogP contribution in [0.2, 0.25) is 0 Å². The van der Waals surface area contributed by atoms with E-state index in [9.17, 15) is 18.7 Å². The molecule has 3 atom stereocenters. The van der Waals surface area contributed by atoms with Gasteiger partial charge in [0.25, 0.3) is 0 Å². The van der Waals surface area contributed by atoms with Crippen molar-refractivity contribution in [3.63, 3.8) is 0 Å². The Labute approximate surface area is 225 Å². The molecule has 5 aromatic heterocycles. The molecule has 1 fully saturated rings. The van der Waals surface area contributed by atoms with E-state index in [2.05, 4.69) is 44.9 Å². The van der Waals surface area contributed by atoms with Crippen LogP contribution in [0.3, 0.4) is 0 Å². The van der Waals surface area contributed by atoms with Crippen molar-refractivity contribution in [3.8, 4) is 0 Å². The number of hydrogen-bond donors (Lipinski definition) is 8. The third-order valence-corrected chi connectivity index (χ3v) is 5.83. The lowest BCUT2D eigenvalue weighted by molar-refractivity contribution is -0.140. The van der Waals surface area contributed by atoms with Gasteiger partial charge >= 0.3 is 11.6 Å². The van der Waals surface area contributed by atoms with Crippen LogP contribution in [0.1, 0.15) is 6.23 Å². The minimum atomic E-state index is -3.71. The Morgan fingerprint density at radius 3 is 2.28 bits per heavy atom. The molecule has 1 aliphatic rings. The molecule has 0 saturated carbocycles. The van der Waals surface area contributed by atoms with Crippen LogP contribution in [-0.2, 0) is 4.74 Å². The van der Waals surface area contributed by atoms with Crippen molar-refractivity contribution in [2.24, 2.45) is 0 Å². The van der Waals surface area contributed by atoms with Crippen LogP contribution >= 0.6 is 24.4 Å².